The van der Waals surface area contributed by atoms with Crippen LogP contribution in [0.1, 0.15) is 90.1 Å². The molecule has 378 valence electrons. The quantitative estimate of drug-likeness (QED) is 0.114. The molecule has 0 aliphatic carbocycles. The Morgan fingerprint density at radius 2 is 1.00 bits per heavy atom. The third-order valence-corrected chi connectivity index (χ3v) is 15.3. The van der Waals surface area contributed by atoms with Gasteiger partial charge in [0.05, 0.1) is 0 Å². The molecule has 11 rings (SSSR count). The van der Waals surface area contributed by atoms with Crippen LogP contribution in [0.5, 0.6) is 11.5 Å². The molecule has 0 atom stereocenters. The van der Waals surface area contributed by atoms with E-state index in [1.807, 2.05) is 12.3 Å². The summed E-state index contributed by atoms with van der Waals surface area (Å²) in [5.74, 6) is 1.97. The van der Waals surface area contributed by atoms with Gasteiger partial charge in [-0.25, -0.2) is 4.98 Å². The smallest absolute Gasteiger partial charge is 0.135 e. The maximum absolute atomic E-state index is 7.09. The number of anilines is 2. The van der Waals surface area contributed by atoms with Crippen molar-refractivity contribution in [2.24, 2.45) is 0 Å². The van der Waals surface area contributed by atoms with Crippen LogP contribution in [0.15, 0.2) is 224 Å². The third-order valence-electron chi connectivity index (χ3n) is 15.3. The molecule has 0 fully saturated rings. The zero-order valence-corrected chi connectivity index (χ0v) is 46.6. The first-order valence-corrected chi connectivity index (χ1v) is 25.8. The zero-order valence-electron chi connectivity index (χ0n) is 44.3. The number of aromatic nitrogens is 2. The number of hydrogen-bond acceptors (Lipinski definition) is 4. The minimum Gasteiger partial charge on any atom is -0.509 e. The van der Waals surface area contributed by atoms with Crippen LogP contribution in [0, 0.1) is 18.8 Å². The number of fused-ring (bicyclic) bond motifs is 3. The normalized spacial score (nSPS) is 13.4. The predicted octanol–water partition coefficient (Wildman–Crippen LogP) is 17.5. The number of rotatable bonds is 12. The number of benzene rings is 8. The van der Waals surface area contributed by atoms with Gasteiger partial charge in [0.2, 0.25) is 0 Å². The predicted molar refractivity (Wildman–Crippen MR) is 307 cm³/mol. The monoisotopic (exact) mass is 1160 g/mol. The second-order valence-electron chi connectivity index (χ2n) is 22.3. The Morgan fingerprint density at radius 3 is 1.63 bits per heavy atom. The molecule has 1 aliphatic rings. The Bertz CT molecular complexity index is 3680. The molecule has 10 aromatic rings. The van der Waals surface area contributed by atoms with Crippen LogP contribution in [0.25, 0.3) is 38.8 Å². The Labute approximate surface area is 458 Å². The van der Waals surface area contributed by atoms with Crippen molar-refractivity contribution >= 4 is 33.2 Å². The van der Waals surface area contributed by atoms with Gasteiger partial charge in [-0.2, -0.15) is 6.07 Å². The SMILES string of the molecule is CC(C)(C)c1cccc(N2[CH-]N(c3[c-]c(Oc4[c-]c5c(cc4)c4ccccc4n5-c4cc(C(C)(C)c5ccccc5)ccn4)cc(-c4ccccc4)c3)C(C(C)(C)c3ccccc3)=C2C(C)(C)c2ccccc2)c1.[Pt]. The summed E-state index contributed by atoms with van der Waals surface area (Å²) in [4.78, 5) is 9.82. The van der Waals surface area contributed by atoms with E-state index in [4.69, 9.17) is 9.72 Å². The molecule has 2 aromatic heterocycles. The molecule has 0 bridgehead atoms. The Balaban J connectivity index is 0.00000641. The van der Waals surface area contributed by atoms with E-state index in [9.17, 15) is 0 Å². The minimum atomic E-state index is -0.499. The van der Waals surface area contributed by atoms with E-state index in [0.29, 0.717) is 11.5 Å². The van der Waals surface area contributed by atoms with Gasteiger partial charge in [0.15, 0.2) is 0 Å². The molecule has 0 amide bonds. The maximum Gasteiger partial charge on any atom is 0.135 e. The van der Waals surface area contributed by atoms with Gasteiger partial charge in [-0.05, 0) is 74.5 Å². The number of ether oxygens (including phenoxy) is 1. The molecule has 0 unspecified atom stereocenters. The van der Waals surface area contributed by atoms with E-state index in [0.717, 1.165) is 55.8 Å². The number of allylic oxidation sites excluding steroid dienone is 2. The van der Waals surface area contributed by atoms with Crippen LogP contribution >= 0.6 is 0 Å². The largest absolute Gasteiger partial charge is 0.509 e. The van der Waals surface area contributed by atoms with Crippen LogP contribution in [0.4, 0.5) is 11.4 Å². The number of hydrogen-bond donors (Lipinski definition) is 0. The van der Waals surface area contributed by atoms with E-state index in [-0.39, 0.29) is 31.9 Å². The molecule has 0 N–H and O–H groups in total. The number of para-hydroxylation sites is 1. The zero-order chi connectivity index (χ0) is 51.4. The molecule has 6 heteroatoms. The molecule has 1 aliphatic heterocycles. The third kappa shape index (κ3) is 9.53. The summed E-state index contributed by atoms with van der Waals surface area (Å²) in [6.45, 7) is 23.1. The first kappa shape index (κ1) is 51.0. The van der Waals surface area contributed by atoms with Crippen molar-refractivity contribution in [1.82, 2.24) is 9.55 Å². The van der Waals surface area contributed by atoms with E-state index in [1.165, 1.54) is 33.5 Å². The Morgan fingerprint density at radius 1 is 0.440 bits per heavy atom. The van der Waals surface area contributed by atoms with Gasteiger partial charge in [0, 0.05) is 77.6 Å². The van der Waals surface area contributed by atoms with Crippen LogP contribution in [-0.4, -0.2) is 9.55 Å². The second-order valence-corrected chi connectivity index (χ2v) is 22.3. The minimum absolute atomic E-state index is 0. The first-order chi connectivity index (χ1) is 35.6. The molecule has 0 radical (unpaired) electrons. The van der Waals surface area contributed by atoms with Crippen LogP contribution in [0.3, 0.4) is 0 Å². The Kier molecular flexibility index (Phi) is 13.6. The fraction of sp³-hybridized carbons (Fsp3) is 0.188. The molecule has 5 nitrogen and oxygen atoms in total. The number of nitrogens with zero attached hydrogens (tertiary/aromatic N) is 4. The fourth-order valence-corrected chi connectivity index (χ4v) is 10.9. The van der Waals surface area contributed by atoms with Gasteiger partial charge in [-0.3, -0.25) is 0 Å². The van der Waals surface area contributed by atoms with Crippen molar-refractivity contribution in [3.8, 4) is 28.4 Å². The molecule has 0 saturated heterocycles. The van der Waals surface area contributed by atoms with E-state index < -0.39 is 10.8 Å². The van der Waals surface area contributed by atoms with Gasteiger partial charge in [-0.15, -0.1) is 53.6 Å². The van der Waals surface area contributed by atoms with Crippen LogP contribution < -0.4 is 14.5 Å². The molecule has 75 heavy (non-hydrogen) atoms. The summed E-state index contributed by atoms with van der Waals surface area (Å²) in [7, 11) is 0. The summed E-state index contributed by atoms with van der Waals surface area (Å²) < 4.78 is 9.31. The van der Waals surface area contributed by atoms with E-state index in [2.05, 4.69) is 296 Å². The van der Waals surface area contributed by atoms with E-state index >= 15 is 0 Å². The van der Waals surface area contributed by atoms with Crippen molar-refractivity contribution < 1.29 is 25.8 Å². The van der Waals surface area contributed by atoms with Crippen LogP contribution in [-0.2, 0) is 42.7 Å². The molecular weight excluding hydrogens is 1100 g/mol. The topological polar surface area (TPSA) is 33.5 Å². The second kappa shape index (κ2) is 20.0. The molecule has 8 aromatic carbocycles. The Hall–Kier alpha value is -7.46. The average Bonchev–Trinajstić information content (AvgIpc) is 4.03. The molecule has 0 saturated carbocycles. The van der Waals surface area contributed by atoms with Crippen molar-refractivity contribution in [3.63, 3.8) is 0 Å². The van der Waals surface area contributed by atoms with Gasteiger partial charge >= 0.3 is 0 Å². The van der Waals surface area contributed by atoms with Gasteiger partial charge in [-0.1, -0.05) is 219 Å². The van der Waals surface area contributed by atoms with Gasteiger partial charge in [0.25, 0.3) is 0 Å². The van der Waals surface area contributed by atoms with Gasteiger partial charge in [0.1, 0.15) is 5.82 Å². The molecular formula is C69H63N4OPt-3. The van der Waals surface area contributed by atoms with Gasteiger partial charge < -0.3 is 19.1 Å². The summed E-state index contributed by atoms with van der Waals surface area (Å²) in [6, 6.07) is 81.1. The van der Waals surface area contributed by atoms with Crippen molar-refractivity contribution in [3.05, 3.63) is 270 Å². The fourth-order valence-electron chi connectivity index (χ4n) is 10.9. The molecule has 3 heterocycles. The summed E-state index contributed by atoms with van der Waals surface area (Å²) in [5.41, 5.74) is 13.1. The van der Waals surface area contributed by atoms with Crippen molar-refractivity contribution in [2.45, 2.75) is 84.0 Å². The van der Waals surface area contributed by atoms with Crippen molar-refractivity contribution in [2.75, 3.05) is 9.80 Å². The summed E-state index contributed by atoms with van der Waals surface area (Å²) in [5, 5.41) is 2.19. The molecule has 0 spiro atoms. The van der Waals surface area contributed by atoms with E-state index in [1.54, 1.807) is 0 Å². The number of pyridine rings is 1. The summed E-state index contributed by atoms with van der Waals surface area (Å²) in [6.07, 6.45) is 1.92. The van der Waals surface area contributed by atoms with Crippen LogP contribution in [0.2, 0.25) is 0 Å². The van der Waals surface area contributed by atoms with Crippen molar-refractivity contribution in [1.29, 1.82) is 0 Å². The maximum atomic E-state index is 7.09. The summed E-state index contributed by atoms with van der Waals surface area (Å²) >= 11 is 0. The average molecular weight is 1160 g/mol. The standard InChI is InChI=1S/C69H63N4O.Pt/c1-66(2,3)53-33-24-34-55(43-53)71-47-72(65(69(8,9)52-31-20-13-21-32-52)64(71)68(6,7)51-29-18-12-19-30-51)56-41-49(48-25-14-10-15-26-48)42-58(45-56)74-57-37-38-60-59-35-22-23-36-61(59)73(62(60)46-57)63-44-54(39-40-70-63)67(4,5)50-27-16-11-17-28-50;/h10-44,47H,1-9H3;/q-3;. The first-order valence-electron chi connectivity index (χ1n) is 25.8.